The van der Waals surface area contributed by atoms with Gasteiger partial charge in [0.1, 0.15) is 18.1 Å². The van der Waals surface area contributed by atoms with Crippen molar-refractivity contribution in [1.29, 1.82) is 0 Å². The largest absolute Gasteiger partial charge is 0.484 e. The zero-order chi connectivity index (χ0) is 26.2. The Morgan fingerprint density at radius 1 is 1.23 bits per heavy atom. The first-order valence-corrected chi connectivity index (χ1v) is 11.3. The number of rotatable bonds is 5. The van der Waals surface area contributed by atoms with Gasteiger partial charge in [-0.15, -0.1) is 0 Å². The molecule has 192 valence electrons. The van der Waals surface area contributed by atoms with Crippen molar-refractivity contribution in [2.75, 3.05) is 13.3 Å². The summed E-state index contributed by atoms with van der Waals surface area (Å²) in [6.07, 6.45) is -4.06. The van der Waals surface area contributed by atoms with Gasteiger partial charge in [0, 0.05) is 11.4 Å². The molecule has 0 saturated heterocycles. The van der Waals surface area contributed by atoms with Gasteiger partial charge >= 0.3 is 6.18 Å². The number of nitrogens with zero attached hydrogens (tertiary/aromatic N) is 1. The molecule has 12 heteroatoms. The monoisotopic (exact) mass is 516 g/mol. The number of alkyl halides is 4. The highest BCUT2D eigenvalue weighted by Crippen LogP contribution is 2.35. The quantitative estimate of drug-likeness (QED) is 0.273. The molecule has 0 unspecified atom stereocenters. The third-order valence-corrected chi connectivity index (χ3v) is 5.88. The van der Waals surface area contributed by atoms with E-state index in [4.69, 9.17) is 17.0 Å². The van der Waals surface area contributed by atoms with Crippen molar-refractivity contribution >= 4 is 34.1 Å². The van der Waals surface area contributed by atoms with Crippen LogP contribution >= 0.6 is 12.2 Å². The van der Waals surface area contributed by atoms with Crippen LogP contribution in [-0.4, -0.2) is 52.2 Å². The molecule has 3 rings (SSSR count). The second-order valence-electron chi connectivity index (χ2n) is 9.86. The predicted octanol–water partition coefficient (Wildman–Crippen LogP) is 3.75. The number of benzene rings is 1. The highest BCUT2D eigenvalue weighted by molar-refractivity contribution is 7.80. The average Bonchev–Trinajstić information content (AvgIpc) is 2.73. The molecule has 1 aliphatic carbocycles. The van der Waals surface area contributed by atoms with E-state index >= 15 is 0 Å². The van der Waals surface area contributed by atoms with E-state index in [1.165, 1.54) is 18.2 Å². The summed E-state index contributed by atoms with van der Waals surface area (Å²) in [5.74, 6) is -0.513. The van der Waals surface area contributed by atoms with Gasteiger partial charge in [0.05, 0.1) is 11.1 Å². The molecule has 0 aliphatic heterocycles. The highest BCUT2D eigenvalue weighted by atomic mass is 32.1. The smallest absolute Gasteiger partial charge is 0.422 e. The summed E-state index contributed by atoms with van der Waals surface area (Å²) in [5, 5.41) is 13.3. The number of thiocarbonyl (C=S) groups is 1. The van der Waals surface area contributed by atoms with E-state index < -0.39 is 36.4 Å². The number of aliphatic hydroxyl groups is 1. The number of aryl methyl sites for hydroxylation is 1. The van der Waals surface area contributed by atoms with Crippen molar-refractivity contribution < 1.29 is 32.2 Å². The summed E-state index contributed by atoms with van der Waals surface area (Å²) in [4.78, 5) is 17.2. The molecule has 1 aliphatic rings. The first-order valence-electron chi connectivity index (χ1n) is 10.9. The highest BCUT2D eigenvalue weighted by Gasteiger charge is 2.43. The fourth-order valence-corrected chi connectivity index (χ4v) is 4.09. The van der Waals surface area contributed by atoms with Gasteiger partial charge in [-0.3, -0.25) is 15.6 Å². The number of ether oxygens (including phenoxy) is 1. The second-order valence-corrected chi connectivity index (χ2v) is 10.3. The molecule has 1 saturated carbocycles. The number of halogens is 4. The minimum atomic E-state index is -4.47. The molecule has 1 aromatic heterocycles. The van der Waals surface area contributed by atoms with Crippen molar-refractivity contribution in [3.8, 4) is 5.75 Å². The van der Waals surface area contributed by atoms with Crippen LogP contribution in [0.5, 0.6) is 5.75 Å². The number of hydrogen-bond donors (Lipinski definition) is 4. The molecule has 2 aromatic rings. The van der Waals surface area contributed by atoms with Crippen molar-refractivity contribution in [1.82, 2.24) is 21.2 Å². The summed E-state index contributed by atoms with van der Waals surface area (Å²) < 4.78 is 55.6. The van der Waals surface area contributed by atoms with Gasteiger partial charge in [0.15, 0.2) is 11.7 Å². The van der Waals surface area contributed by atoms with Crippen LogP contribution in [0.25, 0.3) is 10.9 Å². The minimum absolute atomic E-state index is 0.0654. The number of pyridine rings is 1. The number of amides is 1. The van der Waals surface area contributed by atoms with Gasteiger partial charge in [-0.2, -0.15) is 13.2 Å². The third-order valence-electron chi connectivity index (χ3n) is 5.66. The normalized spacial score (nSPS) is 20.2. The lowest BCUT2D eigenvalue weighted by Gasteiger charge is -2.42. The summed E-state index contributed by atoms with van der Waals surface area (Å²) in [5.41, 5.74) is 4.98. The Kier molecular flexibility index (Phi) is 7.47. The van der Waals surface area contributed by atoms with E-state index in [0.717, 1.165) is 0 Å². The molecule has 0 bridgehead atoms. The molecule has 1 fully saturated rings. The summed E-state index contributed by atoms with van der Waals surface area (Å²) >= 11 is 5.12. The summed E-state index contributed by atoms with van der Waals surface area (Å²) in [6, 6.07) is 4.30. The molecule has 0 radical (unpaired) electrons. The van der Waals surface area contributed by atoms with Crippen LogP contribution in [0.2, 0.25) is 0 Å². The van der Waals surface area contributed by atoms with Gasteiger partial charge in [0.2, 0.25) is 0 Å². The van der Waals surface area contributed by atoms with E-state index in [0.29, 0.717) is 22.0 Å². The number of nitrogens with one attached hydrogen (secondary N) is 3. The van der Waals surface area contributed by atoms with Crippen molar-refractivity contribution in [3.63, 3.8) is 0 Å². The topological polar surface area (TPSA) is 95.5 Å². The van der Waals surface area contributed by atoms with Crippen molar-refractivity contribution in [2.24, 2.45) is 0 Å². The number of aromatic nitrogens is 1. The molecule has 1 heterocycles. The average molecular weight is 517 g/mol. The van der Waals surface area contributed by atoms with Gasteiger partial charge in [-0.25, -0.2) is 9.37 Å². The van der Waals surface area contributed by atoms with E-state index in [1.54, 1.807) is 6.92 Å². The Morgan fingerprint density at radius 2 is 1.89 bits per heavy atom. The molecule has 0 spiro atoms. The van der Waals surface area contributed by atoms with Crippen molar-refractivity contribution in [2.45, 2.75) is 63.8 Å². The SMILES string of the molecule is Cc1cc(C(=O)NNC(=S)NC2CC(O)(CF)C2)nc2c(C(C)(C)C)cc(OCC(F)(F)F)cc12. The molecule has 4 N–H and O–H groups in total. The van der Waals surface area contributed by atoms with Gasteiger partial charge in [-0.05, 0) is 66.7 Å². The first-order chi connectivity index (χ1) is 16.1. The molecule has 0 atom stereocenters. The standard InChI is InChI=1S/C23H28F4N4O3S/c1-12-5-17(19(32)30-31-20(35)28-13-8-22(33,9-13)10-24)29-18-15(12)6-14(34-11-23(25,26)27)7-16(18)21(2,3)4/h5-7,13,33H,8-11H2,1-4H3,(H,30,32)(H2,28,31,35). The Hall–Kier alpha value is -2.73. The first kappa shape index (κ1) is 26.9. The van der Waals surface area contributed by atoms with Crippen LogP contribution in [0.4, 0.5) is 17.6 Å². The van der Waals surface area contributed by atoms with Crippen LogP contribution in [0.3, 0.4) is 0 Å². The maximum Gasteiger partial charge on any atom is 0.422 e. The summed E-state index contributed by atoms with van der Waals surface area (Å²) in [6.45, 7) is 5.13. The molecular weight excluding hydrogens is 488 g/mol. The molecule has 1 amide bonds. The molecular formula is C23H28F4N4O3S. The number of carbonyl (C=O) groups excluding carboxylic acids is 1. The van der Waals surface area contributed by atoms with E-state index in [-0.39, 0.29) is 35.4 Å². The maximum atomic E-state index is 12.7. The number of fused-ring (bicyclic) bond motifs is 1. The number of carbonyl (C=O) groups is 1. The van der Waals surface area contributed by atoms with Gasteiger partial charge < -0.3 is 15.2 Å². The van der Waals surface area contributed by atoms with Gasteiger partial charge in [0.25, 0.3) is 5.91 Å². The van der Waals surface area contributed by atoms with Crippen LogP contribution in [-0.2, 0) is 5.41 Å². The zero-order valence-corrected chi connectivity index (χ0v) is 20.6. The van der Waals surface area contributed by atoms with Gasteiger partial charge in [-0.1, -0.05) is 20.8 Å². The van der Waals surface area contributed by atoms with Crippen LogP contribution in [0.1, 0.15) is 55.2 Å². The summed E-state index contributed by atoms with van der Waals surface area (Å²) in [7, 11) is 0. The van der Waals surface area contributed by atoms with Crippen LogP contribution in [0.15, 0.2) is 18.2 Å². The second kappa shape index (κ2) is 9.73. The molecule has 1 aromatic carbocycles. The van der Waals surface area contributed by atoms with E-state index in [2.05, 4.69) is 21.2 Å². The van der Waals surface area contributed by atoms with E-state index in [1.807, 2.05) is 20.8 Å². The maximum absolute atomic E-state index is 12.7. The third kappa shape index (κ3) is 6.69. The zero-order valence-electron chi connectivity index (χ0n) is 19.8. The van der Waals surface area contributed by atoms with Crippen molar-refractivity contribution in [3.05, 3.63) is 35.0 Å². The van der Waals surface area contributed by atoms with E-state index in [9.17, 15) is 27.5 Å². The van der Waals surface area contributed by atoms with Crippen LogP contribution < -0.4 is 20.9 Å². The molecule has 35 heavy (non-hydrogen) atoms. The minimum Gasteiger partial charge on any atom is -0.484 e. The Morgan fingerprint density at radius 3 is 2.46 bits per heavy atom. The Balaban J connectivity index is 1.78. The molecule has 7 nitrogen and oxygen atoms in total. The van der Waals surface area contributed by atoms with Crippen LogP contribution in [0, 0.1) is 6.92 Å². The lowest BCUT2D eigenvalue weighted by atomic mass is 9.77. The Labute approximate surface area is 205 Å². The fourth-order valence-electron chi connectivity index (χ4n) is 3.87. The fraction of sp³-hybridized carbons (Fsp3) is 0.522. The predicted molar refractivity (Wildman–Crippen MR) is 127 cm³/mol. The number of hydrazine groups is 1. The lowest BCUT2D eigenvalue weighted by molar-refractivity contribution is -0.153. The number of hydrogen-bond acceptors (Lipinski definition) is 5. The lowest BCUT2D eigenvalue weighted by Crippen LogP contribution is -2.59. The Bertz CT molecular complexity index is 1130.